The molecule has 0 bridgehead atoms. The van der Waals surface area contributed by atoms with Crippen LogP contribution in [0.1, 0.15) is 36.8 Å². The Morgan fingerprint density at radius 2 is 2.22 bits per heavy atom. The number of halogens is 1. The lowest BCUT2D eigenvalue weighted by atomic mass is 10.0. The molecule has 0 spiro atoms. The normalized spacial score (nSPS) is 21.7. The molecule has 5 heteroatoms. The fourth-order valence-electron chi connectivity index (χ4n) is 3.28. The maximum absolute atomic E-state index is 14.0. The van der Waals surface area contributed by atoms with E-state index in [2.05, 4.69) is 4.90 Å². The molecule has 1 aromatic carbocycles. The van der Waals surface area contributed by atoms with E-state index in [9.17, 15) is 9.18 Å². The van der Waals surface area contributed by atoms with Gasteiger partial charge in [-0.05, 0) is 44.4 Å². The fourth-order valence-corrected chi connectivity index (χ4v) is 3.28. The standard InChI is InChI=1S/C18H22FN3O/c1-21(18(23)14-6-7-14)16-3-2-8-22(12-16)11-15-5-4-13(10-20)9-17(15)19/h4-5,9,14,16H,2-3,6-8,11-12H2,1H3. The van der Waals surface area contributed by atoms with Crippen molar-refractivity contribution in [2.75, 3.05) is 20.1 Å². The third-order valence-corrected chi connectivity index (χ3v) is 4.88. The number of hydrogen-bond acceptors (Lipinski definition) is 3. The predicted molar refractivity (Wildman–Crippen MR) is 84.9 cm³/mol. The molecule has 1 atom stereocenters. The second-order valence-corrected chi connectivity index (χ2v) is 6.67. The van der Waals surface area contributed by atoms with Crippen LogP contribution in [-0.2, 0) is 11.3 Å². The first-order chi connectivity index (χ1) is 11.1. The maximum Gasteiger partial charge on any atom is 0.225 e. The van der Waals surface area contributed by atoms with Crippen LogP contribution in [0.5, 0.6) is 0 Å². The van der Waals surface area contributed by atoms with Crippen molar-refractivity contribution in [1.29, 1.82) is 5.26 Å². The Morgan fingerprint density at radius 3 is 2.87 bits per heavy atom. The van der Waals surface area contributed by atoms with E-state index in [1.54, 1.807) is 12.1 Å². The summed E-state index contributed by atoms with van der Waals surface area (Å²) in [7, 11) is 1.90. The average Bonchev–Trinajstić information content (AvgIpc) is 3.40. The number of carbonyl (C=O) groups is 1. The highest BCUT2D eigenvalue weighted by atomic mass is 19.1. The van der Waals surface area contributed by atoms with Crippen LogP contribution in [0.15, 0.2) is 18.2 Å². The summed E-state index contributed by atoms with van der Waals surface area (Å²) in [5.74, 6) is 0.182. The number of nitriles is 1. The van der Waals surface area contributed by atoms with Crippen molar-refractivity contribution in [2.24, 2.45) is 5.92 Å². The van der Waals surface area contributed by atoms with Crippen molar-refractivity contribution < 1.29 is 9.18 Å². The summed E-state index contributed by atoms with van der Waals surface area (Å²) >= 11 is 0. The van der Waals surface area contributed by atoms with E-state index in [0.29, 0.717) is 17.7 Å². The molecule has 3 rings (SSSR count). The van der Waals surface area contributed by atoms with Crippen molar-refractivity contribution in [3.63, 3.8) is 0 Å². The van der Waals surface area contributed by atoms with Crippen molar-refractivity contribution in [3.8, 4) is 6.07 Å². The highest BCUT2D eigenvalue weighted by Gasteiger charge is 2.35. The SMILES string of the molecule is CN(C(=O)C1CC1)C1CCCN(Cc2ccc(C#N)cc2F)C1. The number of likely N-dealkylation sites (tertiary alicyclic amines) is 1. The Kier molecular flexibility index (Phi) is 4.63. The van der Waals surface area contributed by atoms with Gasteiger partial charge in [0.05, 0.1) is 11.6 Å². The molecule has 4 nitrogen and oxygen atoms in total. The predicted octanol–water partition coefficient (Wildman–Crippen LogP) is 2.53. The molecule has 2 aliphatic rings. The molecule has 0 N–H and O–H groups in total. The van der Waals surface area contributed by atoms with Gasteiger partial charge in [0, 0.05) is 37.7 Å². The van der Waals surface area contributed by atoms with Gasteiger partial charge >= 0.3 is 0 Å². The van der Waals surface area contributed by atoms with Crippen LogP contribution in [0.2, 0.25) is 0 Å². The molecule has 1 heterocycles. The number of benzene rings is 1. The van der Waals surface area contributed by atoms with Crippen LogP contribution in [0.25, 0.3) is 0 Å². The number of likely N-dealkylation sites (N-methyl/N-ethyl adjacent to an activating group) is 1. The number of nitrogens with zero attached hydrogens (tertiary/aromatic N) is 3. The Bertz CT molecular complexity index is 636. The van der Waals surface area contributed by atoms with Crippen LogP contribution in [0.4, 0.5) is 4.39 Å². The minimum Gasteiger partial charge on any atom is -0.341 e. The van der Waals surface area contributed by atoms with Gasteiger partial charge in [0.15, 0.2) is 0 Å². The molecule has 122 valence electrons. The van der Waals surface area contributed by atoms with Gasteiger partial charge < -0.3 is 4.90 Å². The molecule has 0 aromatic heterocycles. The molecule has 0 radical (unpaired) electrons. The average molecular weight is 315 g/mol. The van der Waals surface area contributed by atoms with Crippen LogP contribution in [-0.4, -0.2) is 41.9 Å². The van der Waals surface area contributed by atoms with Gasteiger partial charge in [-0.1, -0.05) is 6.07 Å². The highest BCUT2D eigenvalue weighted by Crippen LogP contribution is 2.32. The van der Waals surface area contributed by atoms with Crippen molar-refractivity contribution in [3.05, 3.63) is 35.1 Å². The topological polar surface area (TPSA) is 47.3 Å². The van der Waals surface area contributed by atoms with Crippen LogP contribution >= 0.6 is 0 Å². The molecule has 1 aliphatic heterocycles. The van der Waals surface area contributed by atoms with Gasteiger partial charge in [-0.2, -0.15) is 5.26 Å². The third-order valence-electron chi connectivity index (χ3n) is 4.88. The highest BCUT2D eigenvalue weighted by molar-refractivity contribution is 5.81. The number of rotatable bonds is 4. The third kappa shape index (κ3) is 3.70. The zero-order chi connectivity index (χ0) is 16.4. The summed E-state index contributed by atoms with van der Waals surface area (Å²) in [4.78, 5) is 16.3. The summed E-state index contributed by atoms with van der Waals surface area (Å²) < 4.78 is 14.0. The number of carbonyl (C=O) groups excluding carboxylic acids is 1. The molecular formula is C18H22FN3O. The van der Waals surface area contributed by atoms with Crippen molar-refractivity contribution >= 4 is 5.91 Å². The molecule has 1 aliphatic carbocycles. The summed E-state index contributed by atoms with van der Waals surface area (Å²) in [5.41, 5.74) is 0.957. The molecule has 1 amide bonds. The van der Waals surface area contributed by atoms with Gasteiger partial charge in [-0.3, -0.25) is 9.69 Å². The Labute approximate surface area is 136 Å². The second-order valence-electron chi connectivity index (χ2n) is 6.67. The van der Waals surface area contributed by atoms with E-state index in [1.807, 2.05) is 18.0 Å². The van der Waals surface area contributed by atoms with Gasteiger partial charge in [0.25, 0.3) is 0 Å². The molecule has 1 saturated carbocycles. The quantitative estimate of drug-likeness (QED) is 0.858. The van der Waals surface area contributed by atoms with E-state index in [4.69, 9.17) is 5.26 Å². The lowest BCUT2D eigenvalue weighted by Gasteiger charge is -2.37. The summed E-state index contributed by atoms with van der Waals surface area (Å²) in [5, 5.41) is 8.81. The molecular weight excluding hydrogens is 293 g/mol. The number of amides is 1. The summed E-state index contributed by atoms with van der Waals surface area (Å²) in [6.45, 7) is 2.23. The van der Waals surface area contributed by atoms with E-state index >= 15 is 0 Å². The monoisotopic (exact) mass is 315 g/mol. The maximum atomic E-state index is 14.0. The minimum atomic E-state index is -0.325. The van der Waals surface area contributed by atoms with E-state index in [0.717, 1.165) is 38.8 Å². The first kappa shape index (κ1) is 15.9. The van der Waals surface area contributed by atoms with E-state index < -0.39 is 0 Å². The largest absolute Gasteiger partial charge is 0.341 e. The van der Waals surface area contributed by atoms with E-state index in [1.165, 1.54) is 6.07 Å². The van der Waals surface area contributed by atoms with Gasteiger partial charge in [-0.15, -0.1) is 0 Å². The summed E-state index contributed by atoms with van der Waals surface area (Å²) in [6.07, 6.45) is 4.08. The molecule has 1 aromatic rings. The van der Waals surface area contributed by atoms with E-state index in [-0.39, 0.29) is 23.7 Å². The zero-order valence-electron chi connectivity index (χ0n) is 13.5. The van der Waals surface area contributed by atoms with Crippen LogP contribution in [0.3, 0.4) is 0 Å². The van der Waals surface area contributed by atoms with Crippen LogP contribution < -0.4 is 0 Å². The van der Waals surface area contributed by atoms with Gasteiger partial charge in [0.2, 0.25) is 5.91 Å². The zero-order valence-corrected chi connectivity index (χ0v) is 13.5. The number of piperidine rings is 1. The molecule has 2 fully saturated rings. The Morgan fingerprint density at radius 1 is 1.43 bits per heavy atom. The van der Waals surface area contributed by atoms with Crippen molar-refractivity contribution in [2.45, 2.75) is 38.3 Å². The van der Waals surface area contributed by atoms with Crippen molar-refractivity contribution in [1.82, 2.24) is 9.80 Å². The molecule has 1 unspecified atom stereocenters. The second kappa shape index (κ2) is 6.67. The first-order valence-corrected chi connectivity index (χ1v) is 8.26. The van der Waals surface area contributed by atoms with Crippen LogP contribution in [0, 0.1) is 23.1 Å². The fraction of sp³-hybridized carbons (Fsp3) is 0.556. The lowest BCUT2D eigenvalue weighted by molar-refractivity contribution is -0.134. The molecule has 23 heavy (non-hydrogen) atoms. The van der Waals surface area contributed by atoms with Gasteiger partial charge in [0.1, 0.15) is 5.82 Å². The first-order valence-electron chi connectivity index (χ1n) is 8.26. The smallest absolute Gasteiger partial charge is 0.225 e. The Hall–Kier alpha value is -1.93. The van der Waals surface area contributed by atoms with Gasteiger partial charge in [-0.25, -0.2) is 4.39 Å². The molecule has 1 saturated heterocycles. The Balaban J connectivity index is 1.62. The number of hydrogen-bond donors (Lipinski definition) is 0. The lowest BCUT2D eigenvalue weighted by Crippen LogP contribution is -2.48. The minimum absolute atomic E-state index is 0.221. The summed E-state index contributed by atoms with van der Waals surface area (Å²) in [6, 6.07) is 6.81.